The minimum Gasteiger partial charge on any atom is -0.505 e. The summed E-state index contributed by atoms with van der Waals surface area (Å²) in [5.74, 6) is -0.507. The lowest BCUT2D eigenvalue weighted by Crippen LogP contribution is -2.09. The van der Waals surface area contributed by atoms with Gasteiger partial charge < -0.3 is 14.6 Å². The minimum absolute atomic E-state index is 0.385. The van der Waals surface area contributed by atoms with E-state index in [1.807, 2.05) is 48.5 Å². The number of phenolic OH excluding ortho intramolecular Hbond substituents is 1. The summed E-state index contributed by atoms with van der Waals surface area (Å²) >= 11 is 0. The lowest BCUT2D eigenvalue weighted by Gasteiger charge is -2.10. The van der Waals surface area contributed by atoms with E-state index in [1.165, 1.54) is 16.8 Å². The number of benzene rings is 2. The summed E-state index contributed by atoms with van der Waals surface area (Å²) in [6, 6.07) is 19.3. The molecule has 0 saturated carbocycles. The number of phenols is 1. The van der Waals surface area contributed by atoms with Crippen LogP contribution in [0.3, 0.4) is 0 Å². The predicted molar refractivity (Wildman–Crippen MR) is 128 cm³/mol. The van der Waals surface area contributed by atoms with Crippen molar-refractivity contribution in [2.24, 2.45) is 0 Å². The SMILES string of the molecule is Oc1ccc(-n2cc(-c3ccc4cccc(OCCOCCc5ccccn5)c4n3)nn2)cc1F. The molecule has 3 aromatic heterocycles. The zero-order valence-electron chi connectivity index (χ0n) is 18.7. The first kappa shape index (κ1) is 22.4. The van der Waals surface area contributed by atoms with Gasteiger partial charge in [0.05, 0.1) is 30.8 Å². The van der Waals surface area contributed by atoms with Crippen LogP contribution in [0.4, 0.5) is 4.39 Å². The highest BCUT2D eigenvalue weighted by molar-refractivity contribution is 5.86. The number of hydrogen-bond donors (Lipinski definition) is 1. The maximum Gasteiger partial charge on any atom is 0.166 e. The van der Waals surface area contributed by atoms with Crippen molar-refractivity contribution in [1.82, 2.24) is 25.0 Å². The van der Waals surface area contributed by atoms with Crippen molar-refractivity contribution in [3.63, 3.8) is 0 Å². The quantitative estimate of drug-likeness (QED) is 0.319. The summed E-state index contributed by atoms with van der Waals surface area (Å²) in [4.78, 5) is 9.02. The summed E-state index contributed by atoms with van der Waals surface area (Å²) in [5, 5.41) is 18.6. The molecule has 3 heterocycles. The number of para-hydroxylation sites is 1. The number of aromatic hydroxyl groups is 1. The third-order valence-electron chi connectivity index (χ3n) is 5.35. The van der Waals surface area contributed by atoms with Gasteiger partial charge in [0.1, 0.15) is 23.6 Å². The van der Waals surface area contributed by atoms with E-state index in [9.17, 15) is 9.50 Å². The average Bonchev–Trinajstić information content (AvgIpc) is 3.38. The Bertz CT molecular complexity index is 1440. The Labute approximate surface area is 200 Å². The molecule has 1 N–H and O–H groups in total. The fraction of sp³-hybridized carbons (Fsp3) is 0.154. The van der Waals surface area contributed by atoms with Crippen LogP contribution in [0.1, 0.15) is 5.69 Å². The summed E-state index contributed by atoms with van der Waals surface area (Å²) < 4.78 is 26.8. The molecule has 0 atom stereocenters. The molecule has 0 aliphatic heterocycles. The fourth-order valence-electron chi connectivity index (χ4n) is 3.56. The van der Waals surface area contributed by atoms with E-state index in [1.54, 1.807) is 18.5 Å². The van der Waals surface area contributed by atoms with E-state index in [0.29, 0.717) is 48.2 Å². The van der Waals surface area contributed by atoms with Crippen molar-refractivity contribution >= 4 is 10.9 Å². The van der Waals surface area contributed by atoms with Gasteiger partial charge in [-0.2, -0.15) is 0 Å². The second kappa shape index (κ2) is 10.3. The van der Waals surface area contributed by atoms with Crippen molar-refractivity contribution in [3.8, 4) is 28.6 Å². The number of nitrogens with zero attached hydrogens (tertiary/aromatic N) is 5. The normalized spacial score (nSPS) is 11.1. The highest BCUT2D eigenvalue weighted by atomic mass is 19.1. The van der Waals surface area contributed by atoms with Crippen molar-refractivity contribution in [1.29, 1.82) is 0 Å². The molecule has 176 valence electrons. The van der Waals surface area contributed by atoms with Gasteiger partial charge in [-0.1, -0.05) is 29.5 Å². The van der Waals surface area contributed by atoms with Crippen LogP contribution in [0.2, 0.25) is 0 Å². The van der Waals surface area contributed by atoms with E-state index in [0.717, 1.165) is 17.5 Å². The van der Waals surface area contributed by atoms with Crippen LogP contribution >= 0.6 is 0 Å². The van der Waals surface area contributed by atoms with Gasteiger partial charge in [-0.25, -0.2) is 14.1 Å². The predicted octanol–water partition coefficient (Wildman–Crippen LogP) is 4.36. The highest BCUT2D eigenvalue weighted by Gasteiger charge is 2.11. The van der Waals surface area contributed by atoms with Crippen molar-refractivity contribution in [2.75, 3.05) is 19.8 Å². The lowest BCUT2D eigenvalue weighted by atomic mass is 10.1. The van der Waals surface area contributed by atoms with Crippen molar-refractivity contribution < 1.29 is 19.0 Å². The maximum atomic E-state index is 13.7. The first-order chi connectivity index (χ1) is 17.2. The Hall–Kier alpha value is -4.37. The second-order valence-corrected chi connectivity index (χ2v) is 7.74. The Balaban J connectivity index is 1.26. The third kappa shape index (κ3) is 5.25. The van der Waals surface area contributed by atoms with Gasteiger partial charge in [-0.15, -0.1) is 5.10 Å². The zero-order chi connectivity index (χ0) is 24.0. The van der Waals surface area contributed by atoms with Crippen LogP contribution in [-0.2, 0) is 11.2 Å². The zero-order valence-corrected chi connectivity index (χ0v) is 18.7. The summed E-state index contributed by atoms with van der Waals surface area (Å²) in [5.41, 5.74) is 3.25. The molecule has 2 aromatic carbocycles. The molecule has 0 fully saturated rings. The van der Waals surface area contributed by atoms with Gasteiger partial charge >= 0.3 is 0 Å². The Morgan fingerprint density at radius 3 is 2.71 bits per heavy atom. The molecule has 0 amide bonds. The molecule has 0 aliphatic rings. The number of rotatable bonds is 9. The van der Waals surface area contributed by atoms with Gasteiger partial charge in [0.15, 0.2) is 11.6 Å². The van der Waals surface area contributed by atoms with Crippen LogP contribution in [0, 0.1) is 5.82 Å². The van der Waals surface area contributed by atoms with E-state index < -0.39 is 11.6 Å². The molecule has 8 nitrogen and oxygen atoms in total. The highest BCUT2D eigenvalue weighted by Crippen LogP contribution is 2.27. The summed E-state index contributed by atoms with van der Waals surface area (Å²) in [6.45, 7) is 1.40. The number of aromatic nitrogens is 5. The number of fused-ring (bicyclic) bond motifs is 1. The average molecular weight is 471 g/mol. The Morgan fingerprint density at radius 2 is 1.86 bits per heavy atom. The van der Waals surface area contributed by atoms with Gasteiger partial charge in [0.25, 0.3) is 0 Å². The van der Waals surface area contributed by atoms with Crippen molar-refractivity contribution in [3.05, 3.63) is 90.6 Å². The molecule has 5 aromatic rings. The Morgan fingerprint density at radius 1 is 0.914 bits per heavy atom. The molecule has 0 bridgehead atoms. The van der Waals surface area contributed by atoms with E-state index in [-0.39, 0.29) is 0 Å². The number of pyridine rings is 2. The second-order valence-electron chi connectivity index (χ2n) is 7.74. The molecular formula is C26H22FN5O3. The largest absolute Gasteiger partial charge is 0.505 e. The van der Waals surface area contributed by atoms with Gasteiger partial charge in [-0.3, -0.25) is 4.98 Å². The van der Waals surface area contributed by atoms with Crippen LogP contribution < -0.4 is 4.74 Å². The monoisotopic (exact) mass is 471 g/mol. The summed E-state index contributed by atoms with van der Waals surface area (Å²) in [7, 11) is 0. The van der Waals surface area contributed by atoms with Crippen molar-refractivity contribution in [2.45, 2.75) is 6.42 Å². The molecule has 0 saturated heterocycles. The molecule has 9 heteroatoms. The smallest absolute Gasteiger partial charge is 0.166 e. The topological polar surface area (TPSA) is 95.2 Å². The Kier molecular flexibility index (Phi) is 6.58. The maximum absolute atomic E-state index is 13.7. The molecule has 5 rings (SSSR count). The molecule has 35 heavy (non-hydrogen) atoms. The number of halogens is 1. The molecule has 0 spiro atoms. The fourth-order valence-corrected chi connectivity index (χ4v) is 3.56. The van der Waals surface area contributed by atoms with Crippen LogP contribution in [0.25, 0.3) is 28.0 Å². The van der Waals surface area contributed by atoms with E-state index in [2.05, 4.69) is 15.3 Å². The van der Waals surface area contributed by atoms with Crippen LogP contribution in [0.5, 0.6) is 11.5 Å². The van der Waals surface area contributed by atoms with Crippen LogP contribution in [0.15, 0.2) is 79.1 Å². The van der Waals surface area contributed by atoms with E-state index >= 15 is 0 Å². The molecule has 0 radical (unpaired) electrons. The first-order valence-electron chi connectivity index (χ1n) is 11.1. The lowest BCUT2D eigenvalue weighted by molar-refractivity contribution is 0.102. The molecule has 0 aliphatic carbocycles. The van der Waals surface area contributed by atoms with Gasteiger partial charge in [0.2, 0.25) is 0 Å². The first-order valence-corrected chi connectivity index (χ1v) is 11.1. The molecular weight excluding hydrogens is 449 g/mol. The number of ether oxygens (including phenoxy) is 2. The third-order valence-corrected chi connectivity index (χ3v) is 5.35. The standard InChI is InChI=1S/C26H22FN5O3/c27-21-16-20(8-10-24(21)33)32-17-23(30-31-32)22-9-7-18-4-3-6-25(26(18)29-22)35-15-14-34-13-11-19-5-1-2-12-28-19/h1-10,12,16-17,33H,11,13-15H2. The van der Waals surface area contributed by atoms with Gasteiger partial charge in [-0.05, 0) is 36.4 Å². The van der Waals surface area contributed by atoms with Crippen LogP contribution in [-0.4, -0.2) is 49.9 Å². The number of hydrogen-bond acceptors (Lipinski definition) is 7. The van der Waals surface area contributed by atoms with E-state index in [4.69, 9.17) is 14.5 Å². The van der Waals surface area contributed by atoms with Gasteiger partial charge in [0, 0.05) is 29.8 Å². The summed E-state index contributed by atoms with van der Waals surface area (Å²) in [6.07, 6.45) is 4.17. The minimum atomic E-state index is -0.731. The molecule has 0 unspecified atom stereocenters.